The number of halogens is 1. The summed E-state index contributed by atoms with van der Waals surface area (Å²) in [6.07, 6.45) is -1.14. The number of alkyl halides is 1. The fourth-order valence-corrected chi connectivity index (χ4v) is 3.22. The predicted molar refractivity (Wildman–Crippen MR) is 120 cm³/mol. The number of hydrogen-bond donors (Lipinski definition) is 1. The minimum atomic E-state index is -0.657. The molecule has 0 saturated carbocycles. The molecule has 0 aliphatic heterocycles. The first-order valence-electron chi connectivity index (χ1n) is 10.1. The lowest BCUT2D eigenvalue weighted by molar-refractivity contribution is -0.146. The highest BCUT2D eigenvalue weighted by Crippen LogP contribution is 2.33. The Bertz CT molecular complexity index is 804. The summed E-state index contributed by atoms with van der Waals surface area (Å²) < 4.78 is 21.3. The van der Waals surface area contributed by atoms with Gasteiger partial charge in [0.1, 0.15) is 36.9 Å². The van der Waals surface area contributed by atoms with Gasteiger partial charge in [0.15, 0.2) is 0 Å². The first-order valence-corrected chi connectivity index (χ1v) is 10.7. The number of methoxy groups -OCH3 is 1. The Morgan fingerprint density at radius 1 is 0.935 bits per heavy atom. The van der Waals surface area contributed by atoms with Gasteiger partial charge in [0, 0.05) is 19.4 Å². The molecule has 0 amide bonds. The van der Waals surface area contributed by atoms with Crippen LogP contribution in [0.15, 0.2) is 48.5 Å². The third-order valence-electron chi connectivity index (χ3n) is 4.89. The molecule has 0 aromatic heterocycles. The minimum absolute atomic E-state index is 0.176. The largest absolute Gasteiger partial charge is 0.491 e. The summed E-state index contributed by atoms with van der Waals surface area (Å²) in [5.41, 5.74) is 2.02. The van der Waals surface area contributed by atoms with Gasteiger partial charge in [-0.25, -0.2) is 0 Å². The van der Waals surface area contributed by atoms with Crippen LogP contribution in [0.4, 0.5) is 0 Å². The number of hydrogen-bond acceptors (Lipinski definition) is 6. The van der Waals surface area contributed by atoms with E-state index in [1.807, 2.05) is 48.5 Å². The molecule has 6 nitrogen and oxygen atoms in total. The van der Waals surface area contributed by atoms with Crippen LogP contribution in [0.1, 0.15) is 31.9 Å². The molecular formula is C24H31ClO6. The molecule has 170 valence electrons. The summed E-state index contributed by atoms with van der Waals surface area (Å²) in [6, 6.07) is 15.7. The third kappa shape index (κ3) is 7.73. The van der Waals surface area contributed by atoms with Gasteiger partial charge in [-0.3, -0.25) is 4.79 Å². The van der Waals surface area contributed by atoms with Crippen LogP contribution in [0, 0.1) is 0 Å². The highest BCUT2D eigenvalue weighted by atomic mass is 35.5. The minimum Gasteiger partial charge on any atom is -0.491 e. The van der Waals surface area contributed by atoms with Crippen molar-refractivity contribution in [2.75, 3.05) is 32.8 Å². The van der Waals surface area contributed by atoms with Crippen molar-refractivity contribution in [2.45, 2.75) is 38.4 Å². The van der Waals surface area contributed by atoms with Gasteiger partial charge in [-0.1, -0.05) is 38.1 Å². The molecule has 7 heteroatoms. The van der Waals surface area contributed by atoms with Crippen LogP contribution in [0.2, 0.25) is 0 Å². The molecule has 0 spiro atoms. The van der Waals surface area contributed by atoms with Crippen LogP contribution in [0.3, 0.4) is 0 Å². The lowest BCUT2D eigenvalue weighted by Gasteiger charge is -2.26. The maximum absolute atomic E-state index is 11.1. The van der Waals surface area contributed by atoms with Crippen molar-refractivity contribution in [2.24, 2.45) is 0 Å². The molecule has 0 heterocycles. The molecule has 0 aliphatic rings. The fourth-order valence-electron chi connectivity index (χ4n) is 3.07. The zero-order chi connectivity index (χ0) is 22.9. The van der Waals surface area contributed by atoms with Crippen molar-refractivity contribution >= 4 is 17.6 Å². The molecule has 0 radical (unpaired) electrons. The van der Waals surface area contributed by atoms with E-state index in [-0.39, 0.29) is 37.1 Å². The van der Waals surface area contributed by atoms with Crippen molar-refractivity contribution < 1.29 is 28.8 Å². The van der Waals surface area contributed by atoms with E-state index in [0.717, 1.165) is 11.1 Å². The second kappa shape index (κ2) is 11.9. The second-order valence-corrected chi connectivity index (χ2v) is 8.10. The highest BCUT2D eigenvalue weighted by molar-refractivity contribution is 6.18. The number of carbonyl (C=O) groups is 1. The topological polar surface area (TPSA) is 74.2 Å². The number of aliphatic hydroxyl groups is 1. The number of ether oxygens (including phenoxy) is 4. The summed E-state index contributed by atoms with van der Waals surface area (Å²) >= 11 is 5.81. The monoisotopic (exact) mass is 450 g/mol. The number of aliphatic hydroxyl groups excluding tert-OH is 1. The lowest BCUT2D eigenvalue weighted by atomic mass is 9.78. The van der Waals surface area contributed by atoms with E-state index in [2.05, 4.69) is 13.8 Å². The van der Waals surface area contributed by atoms with Gasteiger partial charge in [0.2, 0.25) is 0 Å². The van der Waals surface area contributed by atoms with Crippen LogP contribution in [-0.2, 0) is 19.7 Å². The number of carbonyl (C=O) groups excluding carboxylic acids is 1. The normalized spacial score (nSPS) is 13.4. The Hall–Kier alpha value is -2.28. The standard InChI is InChI=1S/C24H31ClO6/c1-17(26)31-23(13-25)16-30-22-11-7-19(8-12-22)24(2,3)18-5-9-21(10-6-18)29-15-20(27)14-28-4/h5-12,20,23,27H,13-16H2,1-4H3. The molecular weight excluding hydrogens is 420 g/mol. The third-order valence-corrected chi connectivity index (χ3v) is 5.24. The van der Waals surface area contributed by atoms with Crippen LogP contribution in [-0.4, -0.2) is 56.1 Å². The van der Waals surface area contributed by atoms with Gasteiger partial charge in [-0.15, -0.1) is 11.6 Å². The quantitative estimate of drug-likeness (QED) is 0.390. The Kier molecular flexibility index (Phi) is 9.62. The molecule has 1 N–H and O–H groups in total. The fraction of sp³-hybridized carbons (Fsp3) is 0.458. The number of rotatable bonds is 12. The Morgan fingerprint density at radius 3 is 1.84 bits per heavy atom. The average Bonchev–Trinajstić information content (AvgIpc) is 2.75. The van der Waals surface area contributed by atoms with E-state index in [1.54, 1.807) is 7.11 Å². The Balaban J connectivity index is 1.99. The molecule has 0 bridgehead atoms. The Labute approximate surface area is 189 Å². The van der Waals surface area contributed by atoms with E-state index in [4.69, 9.17) is 30.5 Å². The first-order chi connectivity index (χ1) is 14.8. The Morgan fingerprint density at radius 2 is 1.42 bits per heavy atom. The van der Waals surface area contributed by atoms with Crippen LogP contribution in [0.5, 0.6) is 11.5 Å². The van der Waals surface area contributed by atoms with Crippen molar-refractivity contribution in [3.63, 3.8) is 0 Å². The second-order valence-electron chi connectivity index (χ2n) is 7.79. The summed E-state index contributed by atoms with van der Waals surface area (Å²) in [6.45, 7) is 6.25. The van der Waals surface area contributed by atoms with E-state index in [0.29, 0.717) is 11.5 Å². The van der Waals surface area contributed by atoms with Crippen LogP contribution in [0.25, 0.3) is 0 Å². The zero-order valence-corrected chi connectivity index (χ0v) is 19.2. The molecule has 2 rings (SSSR count). The van der Waals surface area contributed by atoms with Gasteiger partial charge in [0.05, 0.1) is 12.5 Å². The summed E-state index contributed by atoms with van der Waals surface area (Å²) in [5.74, 6) is 1.17. The molecule has 2 aromatic carbocycles. The summed E-state index contributed by atoms with van der Waals surface area (Å²) in [7, 11) is 1.54. The lowest BCUT2D eigenvalue weighted by Crippen LogP contribution is -2.25. The smallest absolute Gasteiger partial charge is 0.303 e. The molecule has 0 fully saturated rings. The molecule has 31 heavy (non-hydrogen) atoms. The summed E-state index contributed by atoms with van der Waals surface area (Å²) in [4.78, 5) is 11.1. The van der Waals surface area contributed by atoms with Crippen molar-refractivity contribution in [3.05, 3.63) is 59.7 Å². The van der Waals surface area contributed by atoms with Gasteiger partial charge in [-0.2, -0.15) is 0 Å². The van der Waals surface area contributed by atoms with Gasteiger partial charge in [-0.05, 0) is 35.4 Å². The van der Waals surface area contributed by atoms with Crippen LogP contribution >= 0.6 is 11.6 Å². The number of esters is 1. The number of benzene rings is 2. The predicted octanol–water partition coefficient (Wildman–Crippen LogP) is 3.95. The summed E-state index contributed by atoms with van der Waals surface area (Å²) in [5, 5.41) is 9.70. The van der Waals surface area contributed by atoms with Crippen molar-refractivity contribution in [1.82, 2.24) is 0 Å². The molecule has 0 saturated heterocycles. The van der Waals surface area contributed by atoms with Gasteiger partial charge in [0.25, 0.3) is 0 Å². The molecule has 0 aliphatic carbocycles. The van der Waals surface area contributed by atoms with E-state index in [1.165, 1.54) is 6.92 Å². The molecule has 2 aromatic rings. The average molecular weight is 451 g/mol. The van der Waals surface area contributed by atoms with Crippen LogP contribution < -0.4 is 9.47 Å². The highest BCUT2D eigenvalue weighted by Gasteiger charge is 2.23. The maximum atomic E-state index is 11.1. The SMILES string of the molecule is COCC(O)COc1ccc(C(C)(C)c2ccc(OCC(CCl)OC(C)=O)cc2)cc1. The zero-order valence-electron chi connectivity index (χ0n) is 18.5. The van der Waals surface area contributed by atoms with Gasteiger partial charge < -0.3 is 24.1 Å². The van der Waals surface area contributed by atoms with E-state index in [9.17, 15) is 9.90 Å². The van der Waals surface area contributed by atoms with Gasteiger partial charge >= 0.3 is 5.97 Å². The van der Waals surface area contributed by atoms with E-state index >= 15 is 0 Å². The molecule has 2 unspecified atom stereocenters. The maximum Gasteiger partial charge on any atom is 0.303 e. The first kappa shape index (κ1) is 25.0. The van der Waals surface area contributed by atoms with E-state index < -0.39 is 12.2 Å². The van der Waals surface area contributed by atoms with Crippen molar-refractivity contribution in [1.29, 1.82) is 0 Å². The molecule has 2 atom stereocenters. The van der Waals surface area contributed by atoms with Crippen molar-refractivity contribution in [3.8, 4) is 11.5 Å².